The first-order valence-electron chi connectivity index (χ1n) is 10.3. The number of hydrogen-bond acceptors (Lipinski definition) is 5. The Labute approximate surface area is 170 Å². The van der Waals surface area contributed by atoms with Gasteiger partial charge in [0.25, 0.3) is 0 Å². The number of fused-ring (bicyclic) bond motifs is 1. The van der Waals surface area contributed by atoms with Gasteiger partial charge in [0.2, 0.25) is 0 Å². The van der Waals surface area contributed by atoms with Crippen molar-refractivity contribution in [3.63, 3.8) is 0 Å². The van der Waals surface area contributed by atoms with Crippen LogP contribution in [0.25, 0.3) is 5.52 Å². The fourth-order valence-corrected chi connectivity index (χ4v) is 4.02. The molecule has 1 amide bonds. The predicted molar refractivity (Wildman–Crippen MR) is 108 cm³/mol. The number of nitrogens with zero attached hydrogens (tertiary/aromatic N) is 4. The maximum absolute atomic E-state index is 12.9. The second-order valence-electron chi connectivity index (χ2n) is 8.44. The van der Waals surface area contributed by atoms with E-state index in [9.17, 15) is 9.18 Å². The summed E-state index contributed by atoms with van der Waals surface area (Å²) in [6, 6.07) is 4.29. The van der Waals surface area contributed by atoms with E-state index in [1.54, 1.807) is 18.7 Å². The maximum Gasteiger partial charge on any atom is 0.410 e. The number of rotatable bonds is 4. The molecule has 4 heterocycles. The minimum absolute atomic E-state index is 0.347. The molecule has 0 bridgehead atoms. The zero-order valence-electron chi connectivity index (χ0n) is 17.1. The normalized spacial score (nSPS) is 19.0. The third-order valence-electron chi connectivity index (χ3n) is 5.78. The molecule has 0 saturated carbocycles. The molecule has 0 atom stereocenters. The molecule has 8 heteroatoms. The Morgan fingerprint density at radius 3 is 2.66 bits per heavy atom. The molecule has 29 heavy (non-hydrogen) atoms. The third-order valence-corrected chi connectivity index (χ3v) is 5.78. The first kappa shape index (κ1) is 19.9. The van der Waals surface area contributed by atoms with E-state index in [2.05, 4.69) is 28.3 Å². The van der Waals surface area contributed by atoms with Crippen LogP contribution in [0.2, 0.25) is 0 Å². The number of morpholine rings is 1. The minimum Gasteiger partial charge on any atom is -0.441 e. The average Bonchev–Trinajstić information content (AvgIpc) is 3.17. The molecule has 0 N–H and O–H groups in total. The summed E-state index contributed by atoms with van der Waals surface area (Å²) >= 11 is 0. The summed E-state index contributed by atoms with van der Waals surface area (Å²) in [5.74, 6) is 0.347. The lowest BCUT2D eigenvalue weighted by Gasteiger charge is -2.33. The zero-order valence-corrected chi connectivity index (χ0v) is 17.1. The highest BCUT2D eigenvalue weighted by Gasteiger charge is 2.30. The highest BCUT2D eigenvalue weighted by atomic mass is 19.1. The van der Waals surface area contributed by atoms with Crippen molar-refractivity contribution in [2.75, 3.05) is 51.0 Å². The van der Waals surface area contributed by atoms with Crippen molar-refractivity contribution in [1.82, 2.24) is 14.5 Å². The van der Waals surface area contributed by atoms with Crippen LogP contribution in [0.4, 0.5) is 14.9 Å². The molecule has 0 radical (unpaired) electrons. The van der Waals surface area contributed by atoms with E-state index in [0.717, 1.165) is 50.3 Å². The Balaban J connectivity index is 1.41. The number of piperidine rings is 1. The molecule has 7 nitrogen and oxygen atoms in total. The summed E-state index contributed by atoms with van der Waals surface area (Å²) in [5.41, 5.74) is 2.41. The van der Waals surface area contributed by atoms with Gasteiger partial charge >= 0.3 is 6.09 Å². The van der Waals surface area contributed by atoms with Crippen LogP contribution in [0.5, 0.6) is 0 Å². The van der Waals surface area contributed by atoms with Gasteiger partial charge in [-0.05, 0) is 44.7 Å². The molecule has 0 aliphatic carbocycles. The van der Waals surface area contributed by atoms with Gasteiger partial charge in [0.05, 0.1) is 36.8 Å². The Bertz CT molecular complexity index is 855. The Kier molecular flexibility index (Phi) is 5.63. The number of halogens is 1. The lowest BCUT2D eigenvalue weighted by Crippen LogP contribution is -2.42. The van der Waals surface area contributed by atoms with Crippen molar-refractivity contribution in [3.05, 3.63) is 30.1 Å². The van der Waals surface area contributed by atoms with Crippen molar-refractivity contribution < 1.29 is 18.7 Å². The van der Waals surface area contributed by atoms with E-state index in [1.165, 1.54) is 5.56 Å². The number of pyridine rings is 1. The number of likely N-dealkylation sites (tertiary alicyclic amines) is 1. The van der Waals surface area contributed by atoms with E-state index in [0.29, 0.717) is 19.0 Å². The van der Waals surface area contributed by atoms with Crippen LogP contribution in [-0.4, -0.2) is 72.3 Å². The lowest BCUT2D eigenvalue weighted by molar-refractivity contribution is -0.00422. The van der Waals surface area contributed by atoms with Gasteiger partial charge in [-0.2, -0.15) is 5.10 Å². The van der Waals surface area contributed by atoms with Crippen LogP contribution in [0, 0.1) is 0 Å². The van der Waals surface area contributed by atoms with Gasteiger partial charge in [0, 0.05) is 31.7 Å². The first-order chi connectivity index (χ1) is 14.0. The quantitative estimate of drug-likeness (QED) is 0.783. The van der Waals surface area contributed by atoms with Crippen LogP contribution in [0.15, 0.2) is 24.5 Å². The number of alkyl halides is 1. The van der Waals surface area contributed by atoms with Crippen LogP contribution in [-0.2, 0) is 9.47 Å². The van der Waals surface area contributed by atoms with Crippen LogP contribution in [0.1, 0.15) is 38.2 Å². The summed E-state index contributed by atoms with van der Waals surface area (Å²) in [5, 5.41) is 4.57. The van der Waals surface area contributed by atoms with Crippen molar-refractivity contribution >= 4 is 17.3 Å². The molecule has 158 valence electrons. The van der Waals surface area contributed by atoms with Gasteiger partial charge in [-0.15, -0.1) is 0 Å². The average molecular weight is 404 g/mol. The number of amides is 1. The van der Waals surface area contributed by atoms with E-state index in [4.69, 9.17) is 9.47 Å². The van der Waals surface area contributed by atoms with E-state index in [1.807, 2.05) is 10.7 Å². The molecular formula is C21H29FN4O3. The SMILES string of the molecule is CC(C)(CF)OC(=O)N1CCC(c2cnn3cc(N4CCOCC4)ccc23)CC1. The summed E-state index contributed by atoms with van der Waals surface area (Å²) in [6.45, 7) is 7.00. The van der Waals surface area contributed by atoms with Crippen LogP contribution < -0.4 is 4.90 Å². The van der Waals surface area contributed by atoms with Gasteiger partial charge < -0.3 is 19.3 Å². The maximum atomic E-state index is 12.9. The van der Waals surface area contributed by atoms with Crippen molar-refractivity contribution in [3.8, 4) is 0 Å². The van der Waals surface area contributed by atoms with Crippen molar-refractivity contribution in [2.24, 2.45) is 0 Å². The number of anilines is 1. The monoisotopic (exact) mass is 404 g/mol. The third kappa shape index (κ3) is 4.32. The minimum atomic E-state index is -1.07. The topological polar surface area (TPSA) is 59.3 Å². The zero-order chi connectivity index (χ0) is 20.4. The first-order valence-corrected chi connectivity index (χ1v) is 10.3. The second kappa shape index (κ2) is 8.18. The standard InChI is InChI=1S/C21H29FN4O3/c1-21(2,15-22)29-20(27)25-7-5-16(6-8-25)18-13-23-26-14-17(3-4-19(18)26)24-9-11-28-12-10-24/h3-4,13-14,16H,5-12,15H2,1-2H3. The number of hydrogen-bond donors (Lipinski definition) is 0. The van der Waals surface area contributed by atoms with E-state index < -0.39 is 18.4 Å². The summed E-state index contributed by atoms with van der Waals surface area (Å²) in [6.07, 6.45) is 5.29. The molecule has 2 aromatic rings. The summed E-state index contributed by atoms with van der Waals surface area (Å²) < 4.78 is 25.6. The van der Waals surface area contributed by atoms with Gasteiger partial charge in [0.1, 0.15) is 12.3 Å². The molecule has 2 saturated heterocycles. The highest BCUT2D eigenvalue weighted by Crippen LogP contribution is 2.32. The molecule has 0 unspecified atom stereocenters. The summed E-state index contributed by atoms with van der Waals surface area (Å²) in [7, 11) is 0. The molecule has 0 spiro atoms. The van der Waals surface area contributed by atoms with E-state index >= 15 is 0 Å². The lowest BCUT2D eigenvalue weighted by atomic mass is 9.90. The van der Waals surface area contributed by atoms with Gasteiger partial charge in [-0.1, -0.05) is 0 Å². The largest absolute Gasteiger partial charge is 0.441 e. The fraction of sp³-hybridized carbons (Fsp3) is 0.619. The molecular weight excluding hydrogens is 375 g/mol. The Morgan fingerprint density at radius 1 is 1.24 bits per heavy atom. The molecule has 2 aliphatic heterocycles. The highest BCUT2D eigenvalue weighted by molar-refractivity contribution is 5.68. The van der Waals surface area contributed by atoms with E-state index in [-0.39, 0.29) is 0 Å². The number of aromatic nitrogens is 2. The molecule has 4 rings (SSSR count). The molecule has 0 aromatic carbocycles. The molecule has 2 fully saturated rings. The van der Waals surface area contributed by atoms with Crippen LogP contribution >= 0.6 is 0 Å². The van der Waals surface area contributed by atoms with Crippen LogP contribution in [0.3, 0.4) is 0 Å². The van der Waals surface area contributed by atoms with Gasteiger partial charge in [-0.25, -0.2) is 13.7 Å². The van der Waals surface area contributed by atoms with Gasteiger partial charge in [0.15, 0.2) is 0 Å². The number of ether oxygens (including phenoxy) is 2. The van der Waals surface area contributed by atoms with Gasteiger partial charge in [-0.3, -0.25) is 0 Å². The van der Waals surface area contributed by atoms with Crippen molar-refractivity contribution in [1.29, 1.82) is 0 Å². The predicted octanol–water partition coefficient (Wildman–Crippen LogP) is 3.24. The van der Waals surface area contributed by atoms with Crippen molar-refractivity contribution in [2.45, 2.75) is 38.2 Å². The molecule has 2 aliphatic rings. The Hall–Kier alpha value is -2.35. The number of carbonyl (C=O) groups is 1. The Morgan fingerprint density at radius 2 is 1.97 bits per heavy atom. The fourth-order valence-electron chi connectivity index (χ4n) is 4.02. The number of carbonyl (C=O) groups excluding carboxylic acids is 1. The summed E-state index contributed by atoms with van der Waals surface area (Å²) in [4.78, 5) is 16.3. The smallest absolute Gasteiger partial charge is 0.410 e. The molecule has 2 aromatic heterocycles. The second-order valence-corrected chi connectivity index (χ2v) is 8.44.